The van der Waals surface area contributed by atoms with Crippen LogP contribution in [0.2, 0.25) is 0 Å². The molecule has 0 aromatic heterocycles. The van der Waals surface area contributed by atoms with Crippen LogP contribution in [-0.2, 0) is 0 Å². The van der Waals surface area contributed by atoms with Crippen LogP contribution in [0.5, 0.6) is 11.5 Å². The summed E-state index contributed by atoms with van der Waals surface area (Å²) in [6.07, 6.45) is 0. The molecular weight excluding hydrogens is 534 g/mol. The summed E-state index contributed by atoms with van der Waals surface area (Å²) >= 11 is 0. The van der Waals surface area contributed by atoms with Gasteiger partial charge in [-0.1, -0.05) is 0 Å². The smallest absolute Gasteiger partial charge is 0.545 e. The van der Waals surface area contributed by atoms with Gasteiger partial charge in [0, 0.05) is 22.5 Å². The molecule has 2 amide bonds. The Morgan fingerprint density at radius 2 is 0.833 bits per heavy atom. The predicted octanol–water partition coefficient (Wildman–Crippen LogP) is -1.69. The van der Waals surface area contributed by atoms with Crippen molar-refractivity contribution in [3.63, 3.8) is 0 Å². The van der Waals surface area contributed by atoms with E-state index >= 15 is 0 Å². The monoisotopic (exact) mass is 552 g/mol. The van der Waals surface area contributed by atoms with E-state index in [0.717, 1.165) is 12.1 Å². The first-order valence-electron chi connectivity index (χ1n) is 11.4. The normalized spacial score (nSPS) is 10.5. The van der Waals surface area contributed by atoms with E-state index in [1.165, 1.54) is 24.3 Å². The molecule has 0 aliphatic heterocycles. The number of carboxylic acids is 2. The summed E-state index contributed by atoms with van der Waals surface area (Å²) in [6, 6.07) is 19.6. The van der Waals surface area contributed by atoms with Crippen molar-refractivity contribution in [3.8, 4) is 11.5 Å². The zero-order valence-electron chi connectivity index (χ0n) is 22.3. The van der Waals surface area contributed by atoms with Crippen LogP contribution < -0.4 is 58.6 Å². The van der Waals surface area contributed by atoms with Crippen LogP contribution >= 0.6 is 0 Å². The number of carbonyl (C=O) groups is 3. The quantitative estimate of drug-likeness (QED) is 0.147. The van der Waals surface area contributed by atoms with Crippen LogP contribution in [0.3, 0.4) is 0 Å². The van der Waals surface area contributed by atoms with Gasteiger partial charge >= 0.3 is 43.8 Å². The van der Waals surface area contributed by atoms with Crippen molar-refractivity contribution in [2.45, 2.75) is 0 Å². The van der Waals surface area contributed by atoms with Crippen LogP contribution in [-0.4, -0.2) is 28.2 Å². The van der Waals surface area contributed by atoms with Gasteiger partial charge in [-0.15, -0.1) is 0 Å². The number of nitrogens with one attached hydrogen (secondary N) is 2. The van der Waals surface area contributed by atoms with E-state index in [-0.39, 0.29) is 49.1 Å². The maximum absolute atomic E-state index is 12.3. The molecule has 0 atom stereocenters. The molecule has 0 radical (unpaired) electrons. The number of carboxylic acid groups (broad SMARTS) is 2. The third kappa shape index (κ3) is 9.06. The van der Waals surface area contributed by atoms with Crippen LogP contribution in [0.4, 0.5) is 38.9 Å². The predicted molar refractivity (Wildman–Crippen MR) is 139 cm³/mol. The number of urea groups is 1. The second kappa shape index (κ2) is 15.2. The minimum atomic E-state index is -1.54. The van der Waals surface area contributed by atoms with Gasteiger partial charge < -0.3 is 40.6 Å². The molecular formula is C27H18Li2N6O7. The second-order valence-electron chi connectivity index (χ2n) is 8.05. The molecule has 0 aliphatic rings. The SMILES string of the molecule is O=C(Nc1ccc(N=Nc2ccc(O)c(C(=O)[O-])c2)cc1)Nc1ccc(N=Nc2ccc(O)c(C(=O)[O-])c2)cc1.[Li+].[Li+]. The number of azo groups is 2. The Morgan fingerprint density at radius 1 is 0.524 bits per heavy atom. The van der Waals surface area contributed by atoms with Gasteiger partial charge in [0.15, 0.2) is 0 Å². The molecule has 200 valence electrons. The number of rotatable bonds is 8. The number of aromatic carboxylic acids is 2. The van der Waals surface area contributed by atoms with Gasteiger partial charge in [-0.2, -0.15) is 20.5 Å². The largest absolute Gasteiger partial charge is 1.00 e. The number of benzene rings is 4. The molecule has 0 saturated carbocycles. The van der Waals surface area contributed by atoms with E-state index in [9.17, 15) is 34.8 Å². The van der Waals surface area contributed by atoms with Crippen molar-refractivity contribution in [3.05, 3.63) is 96.1 Å². The van der Waals surface area contributed by atoms with Crippen molar-refractivity contribution in [1.82, 2.24) is 0 Å². The van der Waals surface area contributed by atoms with Gasteiger partial charge in [-0.05, 0) is 84.9 Å². The maximum atomic E-state index is 12.3. The van der Waals surface area contributed by atoms with Gasteiger partial charge in [0.05, 0.1) is 34.7 Å². The number of hydrogen-bond donors (Lipinski definition) is 4. The molecule has 13 nitrogen and oxygen atoms in total. The number of nitrogens with zero attached hydrogens (tertiary/aromatic N) is 4. The number of amides is 2. The average molecular weight is 552 g/mol. The molecule has 0 saturated heterocycles. The molecule has 4 rings (SSSR count). The van der Waals surface area contributed by atoms with Gasteiger partial charge in [-0.25, -0.2) is 4.79 Å². The Hall–Kier alpha value is -4.92. The molecule has 15 heteroatoms. The molecule has 0 aliphatic carbocycles. The fourth-order valence-electron chi connectivity index (χ4n) is 3.25. The first-order valence-corrected chi connectivity index (χ1v) is 11.4. The molecule has 0 fully saturated rings. The Labute approximate surface area is 262 Å². The van der Waals surface area contributed by atoms with E-state index in [2.05, 4.69) is 31.1 Å². The zero-order valence-corrected chi connectivity index (χ0v) is 22.3. The third-order valence-corrected chi connectivity index (χ3v) is 5.21. The van der Waals surface area contributed by atoms with E-state index < -0.39 is 40.6 Å². The molecule has 0 spiro atoms. The summed E-state index contributed by atoms with van der Waals surface area (Å²) in [5, 5.41) is 62.2. The first-order chi connectivity index (χ1) is 19.2. The molecule has 4 aromatic rings. The summed E-state index contributed by atoms with van der Waals surface area (Å²) < 4.78 is 0. The van der Waals surface area contributed by atoms with Crippen molar-refractivity contribution in [2.75, 3.05) is 10.6 Å². The molecule has 0 heterocycles. The molecule has 0 bridgehead atoms. The van der Waals surface area contributed by atoms with Crippen molar-refractivity contribution in [1.29, 1.82) is 0 Å². The van der Waals surface area contributed by atoms with Gasteiger partial charge in [-0.3, -0.25) is 0 Å². The van der Waals surface area contributed by atoms with E-state index in [1.54, 1.807) is 48.5 Å². The van der Waals surface area contributed by atoms with Crippen LogP contribution in [0.1, 0.15) is 20.7 Å². The van der Waals surface area contributed by atoms with Gasteiger partial charge in [0.1, 0.15) is 11.5 Å². The zero-order chi connectivity index (χ0) is 28.6. The first kappa shape index (κ1) is 33.3. The minimum absolute atomic E-state index is 0. The minimum Gasteiger partial charge on any atom is -0.545 e. The van der Waals surface area contributed by atoms with E-state index in [1.807, 2.05) is 0 Å². The summed E-state index contributed by atoms with van der Waals surface area (Å²) in [5.74, 6) is -3.94. The topological polar surface area (TPSA) is 211 Å². The van der Waals surface area contributed by atoms with E-state index in [4.69, 9.17) is 0 Å². The standard InChI is InChI=1S/C27H20N6O7.2Li/c34-23-11-9-19(13-21(23)25(36)37)32-30-17-5-1-15(2-6-17)28-27(40)29-16-3-7-18(8-4-16)31-33-20-10-12-24(35)22(14-20)26(38)39;;/h1-14,34-35H,(H,36,37)(H,38,39)(H2,28,29,40);;/q;2*+1/p-2. The Balaban J connectivity index is 0.00000308. The maximum Gasteiger partial charge on any atom is 1.00 e. The number of aromatic hydroxyl groups is 2. The number of phenols is 2. The Morgan fingerprint density at radius 3 is 1.17 bits per heavy atom. The molecule has 4 aromatic carbocycles. The summed E-state index contributed by atoms with van der Waals surface area (Å²) in [5.41, 5.74) is 1.41. The van der Waals surface area contributed by atoms with Crippen molar-refractivity contribution < 1.29 is 72.5 Å². The number of carbonyl (C=O) groups excluding carboxylic acids is 3. The average Bonchev–Trinajstić information content (AvgIpc) is 2.93. The van der Waals surface area contributed by atoms with Gasteiger partial charge in [0.25, 0.3) is 0 Å². The fraction of sp³-hybridized carbons (Fsp3) is 0. The molecule has 0 unspecified atom stereocenters. The summed E-state index contributed by atoms with van der Waals surface area (Å²) in [6.45, 7) is 0. The van der Waals surface area contributed by atoms with Crippen LogP contribution in [0.15, 0.2) is 105 Å². The fourth-order valence-corrected chi connectivity index (χ4v) is 3.25. The van der Waals surface area contributed by atoms with E-state index in [0.29, 0.717) is 22.7 Å². The Kier molecular flexibility index (Phi) is 12.0. The summed E-state index contributed by atoms with van der Waals surface area (Å²) in [7, 11) is 0. The molecule has 4 N–H and O–H groups in total. The number of hydrogen-bond acceptors (Lipinski definition) is 11. The van der Waals surface area contributed by atoms with Crippen LogP contribution in [0.25, 0.3) is 0 Å². The van der Waals surface area contributed by atoms with Crippen LogP contribution in [0, 0.1) is 0 Å². The van der Waals surface area contributed by atoms with Gasteiger partial charge in [0.2, 0.25) is 0 Å². The van der Waals surface area contributed by atoms with Crippen molar-refractivity contribution >= 4 is 52.1 Å². The molecule has 42 heavy (non-hydrogen) atoms. The summed E-state index contributed by atoms with van der Waals surface area (Å²) in [4.78, 5) is 34.4. The third-order valence-electron chi connectivity index (χ3n) is 5.21. The Bertz CT molecular complexity index is 1530. The number of anilines is 2. The second-order valence-corrected chi connectivity index (χ2v) is 8.05. The van der Waals surface area contributed by atoms with Crippen molar-refractivity contribution in [2.24, 2.45) is 20.5 Å².